The highest BCUT2D eigenvalue weighted by Gasteiger charge is 2.12. The molecule has 20 heavy (non-hydrogen) atoms. The Balaban J connectivity index is 2.27. The molecule has 102 valence electrons. The molecule has 0 saturated heterocycles. The molecule has 0 aliphatic carbocycles. The third-order valence-corrected chi connectivity index (χ3v) is 2.95. The maximum atomic E-state index is 13.6. The molecule has 0 bridgehead atoms. The Morgan fingerprint density at radius 1 is 1.00 bits per heavy atom. The van der Waals surface area contributed by atoms with Crippen molar-refractivity contribution < 1.29 is 19.1 Å². The van der Waals surface area contributed by atoms with Crippen LogP contribution in [-0.2, 0) is 11.2 Å². The lowest BCUT2D eigenvalue weighted by atomic mass is 9.99. The van der Waals surface area contributed by atoms with Gasteiger partial charge < -0.3 is 5.11 Å². The van der Waals surface area contributed by atoms with E-state index in [4.69, 9.17) is 5.11 Å². The van der Waals surface area contributed by atoms with E-state index in [1.807, 2.05) is 0 Å². The van der Waals surface area contributed by atoms with Crippen LogP contribution in [0.25, 0.3) is 0 Å². The van der Waals surface area contributed by atoms with Gasteiger partial charge >= 0.3 is 5.97 Å². The van der Waals surface area contributed by atoms with Crippen molar-refractivity contribution in [3.8, 4) is 0 Å². The van der Waals surface area contributed by atoms with Crippen LogP contribution < -0.4 is 0 Å². The number of carbonyl (C=O) groups excluding carboxylic acids is 1. The Hall–Kier alpha value is -2.49. The van der Waals surface area contributed by atoms with Crippen LogP contribution in [0, 0.1) is 5.82 Å². The second-order valence-corrected chi connectivity index (χ2v) is 4.40. The van der Waals surface area contributed by atoms with Gasteiger partial charge in [0, 0.05) is 17.5 Å². The molecule has 0 amide bonds. The Kier molecular flexibility index (Phi) is 4.25. The lowest BCUT2D eigenvalue weighted by Crippen LogP contribution is -2.04. The molecule has 0 atom stereocenters. The van der Waals surface area contributed by atoms with Crippen molar-refractivity contribution in [3.05, 3.63) is 71.0 Å². The van der Waals surface area contributed by atoms with E-state index in [-0.39, 0.29) is 24.2 Å². The maximum absolute atomic E-state index is 13.6. The fourth-order valence-corrected chi connectivity index (χ4v) is 1.91. The largest absolute Gasteiger partial charge is 0.481 e. The molecule has 0 aliphatic heterocycles. The number of carboxylic acid groups (broad SMARTS) is 1. The van der Waals surface area contributed by atoms with Crippen molar-refractivity contribution in [2.24, 2.45) is 0 Å². The Morgan fingerprint density at radius 3 is 2.35 bits per heavy atom. The van der Waals surface area contributed by atoms with Crippen LogP contribution in [0.15, 0.2) is 48.5 Å². The molecule has 0 aromatic heterocycles. The number of rotatable bonds is 5. The molecular weight excluding hydrogens is 259 g/mol. The monoisotopic (exact) mass is 272 g/mol. The Bertz CT molecular complexity index is 635. The molecule has 0 radical (unpaired) electrons. The highest BCUT2D eigenvalue weighted by Crippen LogP contribution is 2.16. The third kappa shape index (κ3) is 3.29. The van der Waals surface area contributed by atoms with E-state index in [9.17, 15) is 14.0 Å². The van der Waals surface area contributed by atoms with E-state index in [0.717, 1.165) is 0 Å². The molecule has 1 N–H and O–H groups in total. The zero-order valence-electron chi connectivity index (χ0n) is 10.7. The minimum Gasteiger partial charge on any atom is -0.481 e. The first kappa shape index (κ1) is 13.9. The number of ketones is 1. The summed E-state index contributed by atoms with van der Waals surface area (Å²) in [6.45, 7) is 0. The number of aliphatic carboxylic acids is 1. The molecule has 2 aromatic carbocycles. The molecule has 0 heterocycles. The number of hydrogen-bond acceptors (Lipinski definition) is 2. The van der Waals surface area contributed by atoms with Crippen LogP contribution in [0.1, 0.15) is 27.9 Å². The second-order valence-electron chi connectivity index (χ2n) is 4.40. The molecule has 0 fully saturated rings. The zero-order chi connectivity index (χ0) is 14.5. The SMILES string of the molecule is O=C(O)CCc1cc(C(=O)c2ccccc2)ccc1F. The van der Waals surface area contributed by atoms with Gasteiger partial charge in [0.25, 0.3) is 0 Å². The van der Waals surface area contributed by atoms with Gasteiger partial charge in [0.2, 0.25) is 0 Å². The summed E-state index contributed by atoms with van der Waals surface area (Å²) in [6, 6.07) is 12.7. The van der Waals surface area contributed by atoms with Crippen molar-refractivity contribution >= 4 is 11.8 Å². The fraction of sp³-hybridized carbons (Fsp3) is 0.125. The van der Waals surface area contributed by atoms with Crippen LogP contribution in [0.2, 0.25) is 0 Å². The van der Waals surface area contributed by atoms with Crippen molar-refractivity contribution in [2.75, 3.05) is 0 Å². The number of halogens is 1. The highest BCUT2D eigenvalue weighted by molar-refractivity contribution is 6.09. The molecule has 2 aromatic rings. The summed E-state index contributed by atoms with van der Waals surface area (Å²) in [7, 11) is 0. The number of hydrogen-bond donors (Lipinski definition) is 1. The summed E-state index contributed by atoms with van der Waals surface area (Å²) in [4.78, 5) is 22.7. The van der Waals surface area contributed by atoms with Crippen LogP contribution in [-0.4, -0.2) is 16.9 Å². The quantitative estimate of drug-likeness (QED) is 0.851. The van der Waals surface area contributed by atoms with Gasteiger partial charge in [-0.15, -0.1) is 0 Å². The first-order valence-electron chi connectivity index (χ1n) is 6.18. The maximum Gasteiger partial charge on any atom is 0.303 e. The van der Waals surface area contributed by atoms with Gasteiger partial charge in [-0.3, -0.25) is 9.59 Å². The normalized spacial score (nSPS) is 10.2. The smallest absolute Gasteiger partial charge is 0.303 e. The second kappa shape index (κ2) is 6.10. The lowest BCUT2D eigenvalue weighted by molar-refractivity contribution is -0.136. The highest BCUT2D eigenvalue weighted by atomic mass is 19.1. The standard InChI is InChI=1S/C16H13FO3/c17-14-8-6-13(10-12(14)7-9-15(18)19)16(20)11-4-2-1-3-5-11/h1-6,8,10H,7,9H2,(H,18,19). The summed E-state index contributed by atoms with van der Waals surface area (Å²) in [5.74, 6) is -1.69. The number of carbonyl (C=O) groups is 2. The van der Waals surface area contributed by atoms with E-state index in [1.54, 1.807) is 30.3 Å². The number of aryl methyl sites for hydroxylation is 1. The van der Waals surface area contributed by atoms with E-state index in [1.165, 1.54) is 18.2 Å². The van der Waals surface area contributed by atoms with Gasteiger partial charge in [-0.2, -0.15) is 0 Å². The topological polar surface area (TPSA) is 54.4 Å². The Labute approximate surface area is 115 Å². The lowest BCUT2D eigenvalue weighted by Gasteiger charge is -2.05. The number of benzene rings is 2. The molecular formula is C16H13FO3. The first-order chi connectivity index (χ1) is 9.58. The summed E-state index contributed by atoms with van der Waals surface area (Å²) >= 11 is 0. The summed E-state index contributed by atoms with van der Waals surface area (Å²) < 4.78 is 13.6. The van der Waals surface area contributed by atoms with Gasteiger partial charge in [-0.1, -0.05) is 30.3 Å². The van der Waals surface area contributed by atoms with Crippen molar-refractivity contribution in [3.63, 3.8) is 0 Å². The zero-order valence-corrected chi connectivity index (χ0v) is 10.7. The summed E-state index contributed by atoms with van der Waals surface area (Å²) in [5.41, 5.74) is 1.12. The van der Waals surface area contributed by atoms with Crippen LogP contribution in [0.3, 0.4) is 0 Å². The van der Waals surface area contributed by atoms with Crippen molar-refractivity contribution in [2.45, 2.75) is 12.8 Å². The number of carboxylic acids is 1. The molecule has 0 saturated carbocycles. The van der Waals surface area contributed by atoms with Gasteiger partial charge in [-0.05, 0) is 30.2 Å². The minimum atomic E-state index is -0.996. The van der Waals surface area contributed by atoms with Gasteiger partial charge in [-0.25, -0.2) is 4.39 Å². The molecule has 0 spiro atoms. The van der Waals surface area contributed by atoms with Gasteiger partial charge in [0.1, 0.15) is 5.82 Å². The predicted molar refractivity (Wildman–Crippen MR) is 72.2 cm³/mol. The summed E-state index contributed by atoms with van der Waals surface area (Å²) in [6.07, 6.45) is -0.100. The molecule has 4 heteroatoms. The molecule has 2 rings (SSSR count). The molecule has 3 nitrogen and oxygen atoms in total. The van der Waals surface area contributed by atoms with Crippen LogP contribution in [0.4, 0.5) is 4.39 Å². The molecule has 0 aliphatic rings. The van der Waals surface area contributed by atoms with Gasteiger partial charge in [0.05, 0.1) is 0 Å². The van der Waals surface area contributed by atoms with Gasteiger partial charge in [0.15, 0.2) is 5.78 Å². The van der Waals surface area contributed by atoms with Crippen molar-refractivity contribution in [1.29, 1.82) is 0 Å². The average Bonchev–Trinajstić information content (AvgIpc) is 2.46. The van der Waals surface area contributed by atoms with E-state index >= 15 is 0 Å². The van der Waals surface area contributed by atoms with Crippen LogP contribution in [0.5, 0.6) is 0 Å². The minimum absolute atomic E-state index is 0.0665. The average molecular weight is 272 g/mol. The Morgan fingerprint density at radius 2 is 1.70 bits per heavy atom. The van der Waals surface area contributed by atoms with Crippen molar-refractivity contribution in [1.82, 2.24) is 0 Å². The predicted octanol–water partition coefficient (Wildman–Crippen LogP) is 3.07. The van der Waals surface area contributed by atoms with E-state index < -0.39 is 11.8 Å². The van der Waals surface area contributed by atoms with E-state index in [0.29, 0.717) is 11.1 Å². The van der Waals surface area contributed by atoms with E-state index in [2.05, 4.69) is 0 Å². The molecule has 0 unspecified atom stereocenters. The fourth-order valence-electron chi connectivity index (χ4n) is 1.91. The first-order valence-corrected chi connectivity index (χ1v) is 6.18. The third-order valence-electron chi connectivity index (χ3n) is 2.95. The van der Waals surface area contributed by atoms with Crippen LogP contribution >= 0.6 is 0 Å². The summed E-state index contributed by atoms with van der Waals surface area (Å²) in [5, 5.41) is 8.63.